The maximum Gasteiger partial charge on any atom is 0.276 e. The molecule has 0 aliphatic heterocycles. The highest BCUT2D eigenvalue weighted by Crippen LogP contribution is 2.27. The highest BCUT2D eigenvalue weighted by molar-refractivity contribution is 8.00. The summed E-state index contributed by atoms with van der Waals surface area (Å²) in [5.41, 5.74) is 0.612. The van der Waals surface area contributed by atoms with Crippen LogP contribution in [0.25, 0.3) is 11.5 Å². The van der Waals surface area contributed by atoms with Crippen molar-refractivity contribution in [1.29, 1.82) is 0 Å². The Kier molecular flexibility index (Phi) is 6.47. The molecule has 1 aromatic heterocycles. The van der Waals surface area contributed by atoms with E-state index in [4.69, 9.17) is 4.42 Å². The number of benzene rings is 1. The fraction of sp³-hybridized carbons (Fsp3) is 0.500. The van der Waals surface area contributed by atoms with E-state index in [1.165, 1.54) is 4.31 Å². The van der Waals surface area contributed by atoms with Crippen molar-refractivity contribution in [1.82, 2.24) is 14.5 Å². The van der Waals surface area contributed by atoms with Crippen LogP contribution in [0.3, 0.4) is 0 Å². The molecule has 1 aromatic carbocycles. The first-order valence-electron chi connectivity index (χ1n) is 8.24. The second-order valence-electron chi connectivity index (χ2n) is 6.84. The van der Waals surface area contributed by atoms with Gasteiger partial charge in [-0.2, -0.15) is 4.31 Å². The number of hydrogen-bond acceptors (Lipinski definition) is 6. The van der Waals surface area contributed by atoms with Crippen molar-refractivity contribution in [3.8, 4) is 11.5 Å². The second-order valence-corrected chi connectivity index (χ2v) is 15.7. The van der Waals surface area contributed by atoms with E-state index in [0.717, 1.165) is 5.38 Å². The average molecular weight is 400 g/mol. The van der Waals surface area contributed by atoms with Crippen LogP contribution in [0.4, 0.5) is 0 Å². The molecule has 0 saturated heterocycles. The molecule has 0 spiro atoms. The van der Waals surface area contributed by atoms with Crippen molar-refractivity contribution < 1.29 is 12.8 Å². The summed E-state index contributed by atoms with van der Waals surface area (Å²) in [4.78, 5) is 0.239. The van der Waals surface area contributed by atoms with Crippen molar-refractivity contribution in [2.45, 2.75) is 43.6 Å². The minimum atomic E-state index is -3.51. The SMILES string of the molecule is CCN(CC)S(=O)(=O)c1cccc(-c2nnc(SC[Si](C)(C)C)o2)c1. The predicted molar refractivity (Wildman–Crippen MR) is 104 cm³/mol. The van der Waals surface area contributed by atoms with Crippen molar-refractivity contribution in [3.05, 3.63) is 24.3 Å². The Morgan fingerprint density at radius 3 is 2.44 bits per heavy atom. The lowest BCUT2D eigenvalue weighted by molar-refractivity contribution is 0.445. The molecular formula is C16H25N3O3S2Si. The highest BCUT2D eigenvalue weighted by Gasteiger charge is 2.23. The lowest BCUT2D eigenvalue weighted by atomic mass is 10.2. The van der Waals surface area contributed by atoms with Gasteiger partial charge < -0.3 is 4.42 Å². The molecule has 0 aliphatic carbocycles. The smallest absolute Gasteiger partial charge is 0.276 e. The Hall–Kier alpha value is -1.16. The van der Waals surface area contributed by atoms with Crippen molar-refractivity contribution in [3.63, 3.8) is 0 Å². The van der Waals surface area contributed by atoms with Gasteiger partial charge in [0.15, 0.2) is 0 Å². The van der Waals surface area contributed by atoms with Crippen LogP contribution in [0, 0.1) is 0 Å². The Bertz CT molecular complexity index is 812. The van der Waals surface area contributed by atoms with Gasteiger partial charge in [0.2, 0.25) is 15.9 Å². The molecule has 0 bridgehead atoms. The van der Waals surface area contributed by atoms with Gasteiger partial charge in [-0.3, -0.25) is 0 Å². The molecule has 0 saturated carbocycles. The van der Waals surface area contributed by atoms with E-state index < -0.39 is 18.1 Å². The van der Waals surface area contributed by atoms with Gasteiger partial charge in [-0.15, -0.1) is 10.2 Å². The topological polar surface area (TPSA) is 76.3 Å². The molecule has 0 unspecified atom stereocenters. The quantitative estimate of drug-likeness (QED) is 0.497. The van der Waals surface area contributed by atoms with Crippen molar-refractivity contribution >= 4 is 29.9 Å². The molecule has 0 radical (unpaired) electrons. The first-order chi connectivity index (χ1) is 11.7. The molecule has 25 heavy (non-hydrogen) atoms. The molecule has 9 heteroatoms. The zero-order valence-corrected chi connectivity index (χ0v) is 17.9. The summed E-state index contributed by atoms with van der Waals surface area (Å²) in [5.74, 6) is 0.342. The third-order valence-electron chi connectivity index (χ3n) is 3.46. The van der Waals surface area contributed by atoms with Crippen LogP contribution >= 0.6 is 11.8 Å². The third-order valence-corrected chi connectivity index (χ3v) is 9.96. The van der Waals surface area contributed by atoms with Gasteiger partial charge in [-0.25, -0.2) is 8.42 Å². The van der Waals surface area contributed by atoms with E-state index in [0.29, 0.717) is 29.8 Å². The summed E-state index contributed by atoms with van der Waals surface area (Å²) >= 11 is 1.56. The number of rotatable bonds is 8. The Labute approximate surface area is 155 Å². The summed E-state index contributed by atoms with van der Waals surface area (Å²) in [6.07, 6.45) is 0. The van der Waals surface area contributed by atoms with Crippen LogP contribution in [0.2, 0.25) is 19.6 Å². The van der Waals surface area contributed by atoms with Gasteiger partial charge in [0.25, 0.3) is 5.22 Å². The molecule has 0 atom stereocenters. The number of aromatic nitrogens is 2. The monoisotopic (exact) mass is 399 g/mol. The maximum absolute atomic E-state index is 12.7. The lowest BCUT2D eigenvalue weighted by Gasteiger charge is -2.18. The summed E-state index contributed by atoms with van der Waals surface area (Å²) in [6, 6.07) is 6.66. The van der Waals surface area contributed by atoms with Crippen molar-refractivity contribution in [2.24, 2.45) is 0 Å². The summed E-state index contributed by atoms with van der Waals surface area (Å²) in [7, 11) is -4.73. The van der Waals surface area contributed by atoms with E-state index >= 15 is 0 Å². The fourth-order valence-electron chi connectivity index (χ4n) is 2.17. The summed E-state index contributed by atoms with van der Waals surface area (Å²) < 4.78 is 32.4. The van der Waals surface area contributed by atoms with Gasteiger partial charge >= 0.3 is 0 Å². The molecule has 0 fully saturated rings. The number of thioether (sulfide) groups is 1. The van der Waals surface area contributed by atoms with E-state index in [9.17, 15) is 8.42 Å². The van der Waals surface area contributed by atoms with Crippen LogP contribution in [-0.4, -0.2) is 49.5 Å². The number of nitrogens with zero attached hydrogens (tertiary/aromatic N) is 3. The van der Waals surface area contributed by atoms with E-state index in [2.05, 4.69) is 29.8 Å². The van der Waals surface area contributed by atoms with E-state index in [1.54, 1.807) is 36.0 Å². The normalized spacial score (nSPS) is 12.7. The maximum atomic E-state index is 12.7. The zero-order chi connectivity index (χ0) is 18.7. The Morgan fingerprint density at radius 2 is 1.84 bits per heavy atom. The van der Waals surface area contributed by atoms with Crippen molar-refractivity contribution in [2.75, 3.05) is 18.5 Å². The lowest BCUT2D eigenvalue weighted by Crippen LogP contribution is -2.30. The Morgan fingerprint density at radius 1 is 1.16 bits per heavy atom. The van der Waals surface area contributed by atoms with Crippen LogP contribution in [-0.2, 0) is 10.0 Å². The third kappa shape index (κ3) is 5.16. The van der Waals surface area contributed by atoms with Crippen LogP contribution < -0.4 is 0 Å². The minimum Gasteiger partial charge on any atom is -0.411 e. The van der Waals surface area contributed by atoms with E-state index in [-0.39, 0.29) is 4.90 Å². The molecule has 2 aromatic rings. The standard InChI is InChI=1S/C16H25N3O3S2Si/c1-6-19(7-2)24(20,21)14-10-8-9-13(11-14)15-17-18-16(22-15)23-12-25(3,4)5/h8-11H,6-7,12H2,1-5H3. The first-order valence-corrected chi connectivity index (χ1v) is 14.4. The molecule has 138 valence electrons. The molecule has 6 nitrogen and oxygen atoms in total. The van der Waals surface area contributed by atoms with Crippen LogP contribution in [0.1, 0.15) is 13.8 Å². The highest BCUT2D eigenvalue weighted by atomic mass is 32.2. The molecule has 0 N–H and O–H groups in total. The molecule has 0 aliphatic rings. The summed E-state index contributed by atoms with van der Waals surface area (Å²) in [6.45, 7) is 11.3. The molecule has 1 heterocycles. The van der Waals surface area contributed by atoms with Crippen LogP contribution in [0.15, 0.2) is 38.8 Å². The number of hydrogen-bond donors (Lipinski definition) is 0. The molecule has 2 rings (SSSR count). The van der Waals surface area contributed by atoms with Gasteiger partial charge in [0.1, 0.15) is 0 Å². The average Bonchev–Trinajstić information content (AvgIpc) is 3.02. The molecular weight excluding hydrogens is 374 g/mol. The zero-order valence-electron chi connectivity index (χ0n) is 15.3. The van der Waals surface area contributed by atoms with Gasteiger partial charge in [-0.1, -0.05) is 51.3 Å². The van der Waals surface area contributed by atoms with Gasteiger partial charge in [0.05, 0.1) is 13.0 Å². The minimum absolute atomic E-state index is 0.239. The van der Waals surface area contributed by atoms with Crippen LogP contribution in [0.5, 0.6) is 0 Å². The van der Waals surface area contributed by atoms with Gasteiger partial charge in [-0.05, 0) is 23.6 Å². The number of sulfonamides is 1. The van der Waals surface area contributed by atoms with E-state index in [1.807, 2.05) is 13.8 Å². The fourth-order valence-corrected chi connectivity index (χ4v) is 6.13. The molecule has 0 amide bonds. The Balaban J connectivity index is 2.26. The summed E-state index contributed by atoms with van der Waals surface area (Å²) in [5, 5.41) is 9.64. The largest absolute Gasteiger partial charge is 0.411 e. The van der Waals surface area contributed by atoms with Gasteiger partial charge in [0, 0.05) is 18.7 Å². The first kappa shape index (κ1) is 20.2. The predicted octanol–water partition coefficient (Wildman–Crippen LogP) is 3.74. The second kappa shape index (κ2) is 8.03.